The molecule has 36 heavy (non-hydrogen) atoms. The molecule has 1 aromatic carbocycles. The predicted molar refractivity (Wildman–Crippen MR) is 132 cm³/mol. The number of ether oxygens (including phenoxy) is 2. The highest BCUT2D eigenvalue weighted by Gasteiger charge is 2.55. The van der Waals surface area contributed by atoms with Crippen LogP contribution in [0.25, 0.3) is 0 Å². The number of nitrogens with one attached hydrogen (secondary N) is 1. The summed E-state index contributed by atoms with van der Waals surface area (Å²) in [6, 6.07) is 9.89. The van der Waals surface area contributed by atoms with Crippen LogP contribution in [0.3, 0.4) is 0 Å². The molecule has 0 radical (unpaired) electrons. The zero-order valence-corrected chi connectivity index (χ0v) is 21.1. The molecular weight excluding hydrogens is 508 g/mol. The summed E-state index contributed by atoms with van der Waals surface area (Å²) in [7, 11) is -4.23. The lowest BCUT2D eigenvalue weighted by molar-refractivity contribution is -0.128. The molecule has 1 saturated carbocycles. The molecule has 12 heteroatoms. The van der Waals surface area contributed by atoms with Gasteiger partial charge in [-0.3, -0.25) is 4.79 Å². The number of carbonyl (C=O) groups excluding carboxylic acids is 1. The molecule has 10 nitrogen and oxygen atoms in total. The topological polar surface area (TPSA) is 121 Å². The van der Waals surface area contributed by atoms with Gasteiger partial charge >= 0.3 is 0 Å². The van der Waals surface area contributed by atoms with E-state index in [1.165, 1.54) is 6.07 Å². The summed E-state index contributed by atoms with van der Waals surface area (Å²) >= 11 is 6.23. The highest BCUT2D eigenvalue weighted by Crippen LogP contribution is 2.48. The SMILES string of the molecule is O=C(NS(=O)(=O)c1cccc(N2CC[C@H](O)C2)n1)C1(Oc2cc(Cl)ccc2N2CC3(COC3)C2)CC1. The average Bonchev–Trinajstić information content (AvgIpc) is 3.44. The van der Waals surface area contributed by atoms with Gasteiger partial charge in [0.05, 0.1) is 30.4 Å². The van der Waals surface area contributed by atoms with Crippen molar-refractivity contribution in [2.24, 2.45) is 5.41 Å². The maximum Gasteiger partial charge on any atom is 0.281 e. The van der Waals surface area contributed by atoms with Gasteiger partial charge in [-0.15, -0.1) is 0 Å². The number of anilines is 2. The van der Waals surface area contributed by atoms with Gasteiger partial charge in [0.25, 0.3) is 15.9 Å². The van der Waals surface area contributed by atoms with Gasteiger partial charge in [0.15, 0.2) is 10.6 Å². The van der Waals surface area contributed by atoms with Crippen molar-refractivity contribution in [3.63, 3.8) is 0 Å². The minimum Gasteiger partial charge on any atom is -0.475 e. The van der Waals surface area contributed by atoms with Crippen molar-refractivity contribution in [2.45, 2.75) is 36.0 Å². The van der Waals surface area contributed by atoms with Crippen LogP contribution in [0.1, 0.15) is 19.3 Å². The number of hydrogen-bond acceptors (Lipinski definition) is 9. The number of sulfonamides is 1. The maximum atomic E-state index is 13.2. The molecular formula is C24H27ClN4O6S. The van der Waals surface area contributed by atoms with Crippen molar-refractivity contribution in [1.82, 2.24) is 9.71 Å². The van der Waals surface area contributed by atoms with Gasteiger partial charge in [-0.1, -0.05) is 17.7 Å². The monoisotopic (exact) mass is 534 g/mol. The Kier molecular flexibility index (Phi) is 5.60. The lowest BCUT2D eigenvalue weighted by Crippen LogP contribution is -2.66. The Labute approximate surface area is 214 Å². The Balaban J connectivity index is 1.18. The first-order chi connectivity index (χ1) is 17.2. The van der Waals surface area contributed by atoms with Gasteiger partial charge < -0.3 is 24.4 Å². The van der Waals surface area contributed by atoms with E-state index in [-0.39, 0.29) is 10.4 Å². The first kappa shape index (κ1) is 23.8. The van der Waals surface area contributed by atoms with Crippen LogP contribution in [-0.4, -0.2) is 75.5 Å². The number of amides is 1. The molecule has 2 N–H and O–H groups in total. The number of hydrogen-bond donors (Lipinski definition) is 2. The summed E-state index contributed by atoms with van der Waals surface area (Å²) in [5, 5.41) is 9.99. The van der Waals surface area contributed by atoms with Crippen LogP contribution in [-0.2, 0) is 19.6 Å². The highest BCUT2D eigenvalue weighted by atomic mass is 35.5. The quantitative estimate of drug-likeness (QED) is 0.545. The Morgan fingerprint density at radius 3 is 2.61 bits per heavy atom. The molecule has 3 aliphatic heterocycles. The molecule has 4 heterocycles. The Hall–Kier alpha value is -2.60. The number of nitrogens with zero attached hydrogens (tertiary/aromatic N) is 3. The van der Waals surface area contributed by atoms with Crippen molar-refractivity contribution >= 4 is 39.0 Å². The molecule has 4 aliphatic rings. The largest absolute Gasteiger partial charge is 0.475 e. The molecule has 3 saturated heterocycles. The summed E-state index contributed by atoms with van der Waals surface area (Å²) in [5.74, 6) is 0.159. The second-order valence-corrected chi connectivity index (χ2v) is 12.3. The van der Waals surface area contributed by atoms with E-state index in [1.54, 1.807) is 24.3 Å². The van der Waals surface area contributed by atoms with Crippen LogP contribution in [0.5, 0.6) is 5.75 Å². The first-order valence-corrected chi connectivity index (χ1v) is 13.8. The van der Waals surface area contributed by atoms with Crippen LogP contribution < -0.4 is 19.3 Å². The van der Waals surface area contributed by atoms with E-state index < -0.39 is 27.6 Å². The standard InChI is InChI=1S/C24H27ClN4O6S/c25-16-4-5-18(29-12-23(13-29)14-34-15-23)19(10-16)35-24(7-8-24)22(31)27-36(32,33)21-3-1-2-20(26-21)28-9-6-17(30)11-28/h1-5,10,17,30H,6-9,11-15H2,(H,27,31)/t17-/m0/s1. The third-order valence-corrected chi connectivity index (χ3v) is 8.72. The van der Waals surface area contributed by atoms with Gasteiger partial charge in [-0.25, -0.2) is 9.71 Å². The van der Waals surface area contributed by atoms with Crippen molar-refractivity contribution < 1.29 is 27.8 Å². The Morgan fingerprint density at radius 1 is 1.19 bits per heavy atom. The molecule has 1 spiro atoms. The second-order valence-electron chi connectivity index (χ2n) is 10.2. The normalized spacial score (nSPS) is 23.7. The van der Waals surface area contributed by atoms with Gasteiger partial charge in [-0.2, -0.15) is 8.42 Å². The van der Waals surface area contributed by atoms with Gasteiger partial charge in [-0.05, 0) is 30.7 Å². The Bertz CT molecular complexity index is 1310. The highest BCUT2D eigenvalue weighted by molar-refractivity contribution is 7.90. The van der Waals surface area contributed by atoms with Crippen LogP contribution >= 0.6 is 11.6 Å². The average molecular weight is 535 g/mol. The number of halogens is 1. The smallest absolute Gasteiger partial charge is 0.281 e. The fourth-order valence-corrected chi connectivity index (χ4v) is 6.15. The van der Waals surface area contributed by atoms with Gasteiger partial charge in [0, 0.05) is 50.1 Å². The van der Waals surface area contributed by atoms with Gasteiger partial charge in [0.1, 0.15) is 11.6 Å². The minimum absolute atomic E-state index is 0.189. The van der Waals surface area contributed by atoms with Crippen LogP contribution in [0.2, 0.25) is 5.02 Å². The number of benzene rings is 1. The molecule has 0 unspecified atom stereocenters. The maximum absolute atomic E-state index is 13.2. The Morgan fingerprint density at radius 2 is 1.97 bits per heavy atom. The number of carbonyl (C=O) groups is 1. The third kappa shape index (κ3) is 4.27. The van der Waals surface area contributed by atoms with Gasteiger partial charge in [0.2, 0.25) is 0 Å². The molecule has 2 aromatic rings. The number of aliphatic hydroxyl groups is 1. The van der Waals surface area contributed by atoms with E-state index in [1.807, 2.05) is 11.0 Å². The van der Waals surface area contributed by atoms with Crippen molar-refractivity contribution in [2.75, 3.05) is 49.2 Å². The van der Waals surface area contributed by atoms with E-state index >= 15 is 0 Å². The van der Waals surface area contributed by atoms with E-state index in [9.17, 15) is 18.3 Å². The molecule has 1 atom stereocenters. The van der Waals surface area contributed by atoms with Crippen LogP contribution in [0.15, 0.2) is 41.4 Å². The number of aromatic nitrogens is 1. The van der Waals surface area contributed by atoms with Crippen molar-refractivity contribution in [3.05, 3.63) is 41.4 Å². The number of aliphatic hydroxyl groups excluding tert-OH is 1. The zero-order valence-electron chi connectivity index (χ0n) is 19.5. The molecule has 0 bridgehead atoms. The lowest BCUT2D eigenvalue weighted by atomic mass is 9.77. The number of β-amino-alcohol motifs (C(OH)–C–C–N with tert-alkyl or cyclic N) is 1. The molecule has 192 valence electrons. The fraction of sp³-hybridized carbons (Fsp3) is 0.500. The summed E-state index contributed by atoms with van der Waals surface area (Å²) in [6.07, 6.45) is 0.889. The second kappa shape index (κ2) is 8.47. The van der Waals surface area contributed by atoms with Crippen molar-refractivity contribution in [3.8, 4) is 5.75 Å². The fourth-order valence-electron chi connectivity index (χ4n) is 4.98. The minimum atomic E-state index is -4.23. The lowest BCUT2D eigenvalue weighted by Gasteiger charge is -2.56. The summed E-state index contributed by atoms with van der Waals surface area (Å²) in [4.78, 5) is 21.4. The third-order valence-electron chi connectivity index (χ3n) is 7.25. The molecule has 1 aliphatic carbocycles. The molecule has 1 amide bonds. The molecule has 4 fully saturated rings. The molecule has 1 aromatic heterocycles. The predicted octanol–water partition coefficient (Wildman–Crippen LogP) is 1.56. The molecule has 6 rings (SSSR count). The first-order valence-electron chi connectivity index (χ1n) is 12.0. The summed E-state index contributed by atoms with van der Waals surface area (Å²) in [6.45, 7) is 4.10. The van der Waals surface area contributed by atoms with Crippen LogP contribution in [0.4, 0.5) is 11.5 Å². The van der Waals surface area contributed by atoms with Crippen molar-refractivity contribution in [1.29, 1.82) is 0 Å². The van der Waals surface area contributed by atoms with Crippen LogP contribution in [0, 0.1) is 5.41 Å². The van der Waals surface area contributed by atoms with E-state index in [2.05, 4.69) is 14.6 Å². The number of pyridine rings is 1. The number of rotatable bonds is 7. The van der Waals surface area contributed by atoms with E-state index in [4.69, 9.17) is 21.1 Å². The van der Waals surface area contributed by atoms with E-state index in [0.717, 1.165) is 32.0 Å². The van der Waals surface area contributed by atoms with E-state index in [0.29, 0.717) is 48.9 Å². The zero-order chi connectivity index (χ0) is 25.1. The summed E-state index contributed by atoms with van der Waals surface area (Å²) < 4.78 is 39.8. The summed E-state index contributed by atoms with van der Waals surface area (Å²) in [5.41, 5.74) is -0.277.